The van der Waals surface area contributed by atoms with Gasteiger partial charge >= 0.3 is 6.18 Å². The molecule has 0 radical (unpaired) electrons. The normalized spacial score (nSPS) is 14.4. The molecule has 2 aromatic heterocycles. The van der Waals surface area contributed by atoms with Crippen LogP contribution in [0.5, 0.6) is 0 Å². The molecule has 0 aliphatic carbocycles. The smallest absolute Gasteiger partial charge is 0.355 e. The van der Waals surface area contributed by atoms with Crippen LogP contribution in [0.2, 0.25) is 10.0 Å². The number of carbonyl (C=O) groups is 2. The highest BCUT2D eigenvalue weighted by Gasteiger charge is 2.36. The Morgan fingerprint density at radius 2 is 1.87 bits per heavy atom. The molecule has 9 nitrogen and oxygen atoms in total. The van der Waals surface area contributed by atoms with Gasteiger partial charge < -0.3 is 15.1 Å². The topological polar surface area (TPSA) is 100 Å². The van der Waals surface area contributed by atoms with Crippen LogP contribution in [0, 0.1) is 0 Å². The molecular weight excluding hydrogens is 656 g/mol. The van der Waals surface area contributed by atoms with Gasteiger partial charge in [0, 0.05) is 55.3 Å². The molecule has 14 heteroatoms. The van der Waals surface area contributed by atoms with Crippen molar-refractivity contribution < 1.29 is 22.8 Å². The van der Waals surface area contributed by atoms with Crippen molar-refractivity contribution in [3.63, 3.8) is 0 Å². The lowest BCUT2D eigenvalue weighted by atomic mass is 9.98. The first-order chi connectivity index (χ1) is 22.3. The molecule has 1 aliphatic rings. The van der Waals surface area contributed by atoms with Gasteiger partial charge in [-0.3, -0.25) is 19.4 Å². The van der Waals surface area contributed by atoms with Gasteiger partial charge in [0.2, 0.25) is 5.95 Å². The Bertz CT molecular complexity index is 1920. The quantitative estimate of drug-likeness (QED) is 0.226. The number of fused-ring (bicyclic) bond motifs is 1. The Kier molecular flexibility index (Phi) is 9.73. The Morgan fingerprint density at radius 3 is 2.51 bits per heavy atom. The summed E-state index contributed by atoms with van der Waals surface area (Å²) >= 11 is 12.5. The summed E-state index contributed by atoms with van der Waals surface area (Å²) in [5.41, 5.74) is 0.235. The van der Waals surface area contributed by atoms with E-state index in [4.69, 9.17) is 28.2 Å². The van der Waals surface area contributed by atoms with E-state index in [1.54, 1.807) is 48.5 Å². The number of alkyl halides is 3. The Morgan fingerprint density at radius 1 is 1.13 bits per heavy atom. The highest BCUT2D eigenvalue weighted by molar-refractivity contribution is 6.33. The second kappa shape index (κ2) is 13.6. The van der Waals surface area contributed by atoms with Gasteiger partial charge in [0.05, 0.1) is 33.5 Å². The standard InChI is InChI=1S/C33H29Cl2F3N6O3/c1-4-12-42(17-20-6-5-11-40-16-20)32-41-27-18-43(30(46)22-7-9-25(34)24(14-22)33(36,37)38)19(2)13-23(27)31(47)44(32)28-10-8-21(15-26(28)35)29(45)39-3/h4-11,14-16,19H,1,12-13,17-18H2,2-3H3,(H,39,45). The summed E-state index contributed by atoms with van der Waals surface area (Å²) < 4.78 is 42.1. The monoisotopic (exact) mass is 684 g/mol. The van der Waals surface area contributed by atoms with Gasteiger partial charge in [-0.15, -0.1) is 6.58 Å². The molecule has 1 aliphatic heterocycles. The minimum atomic E-state index is -4.75. The molecule has 2 aromatic carbocycles. The van der Waals surface area contributed by atoms with E-state index >= 15 is 0 Å². The van der Waals surface area contributed by atoms with Crippen LogP contribution < -0.4 is 15.8 Å². The van der Waals surface area contributed by atoms with Gasteiger partial charge in [0.15, 0.2) is 0 Å². The minimum absolute atomic E-state index is 0.0743. The van der Waals surface area contributed by atoms with E-state index in [0.717, 1.165) is 17.7 Å². The molecule has 244 valence electrons. The second-order valence-corrected chi connectivity index (χ2v) is 11.7. The average Bonchev–Trinajstić information content (AvgIpc) is 3.04. The highest BCUT2D eigenvalue weighted by Crippen LogP contribution is 2.36. The first kappa shape index (κ1) is 33.7. The van der Waals surface area contributed by atoms with Crippen molar-refractivity contribution in [3.05, 3.63) is 127 Å². The maximum Gasteiger partial charge on any atom is 0.417 e. The first-order valence-corrected chi connectivity index (χ1v) is 15.2. The van der Waals surface area contributed by atoms with Crippen LogP contribution in [0.1, 0.15) is 50.0 Å². The molecule has 0 saturated carbocycles. The molecule has 0 saturated heterocycles. The van der Waals surface area contributed by atoms with E-state index in [-0.39, 0.29) is 59.9 Å². The Labute approximate surface area is 278 Å². The molecule has 2 amide bonds. The van der Waals surface area contributed by atoms with E-state index in [9.17, 15) is 27.6 Å². The lowest BCUT2D eigenvalue weighted by Gasteiger charge is -2.36. The zero-order valence-corrected chi connectivity index (χ0v) is 26.8. The predicted octanol–water partition coefficient (Wildman–Crippen LogP) is 6.09. The summed E-state index contributed by atoms with van der Waals surface area (Å²) in [5.74, 6) is -0.843. The van der Waals surface area contributed by atoms with Crippen LogP contribution in [0.4, 0.5) is 19.1 Å². The van der Waals surface area contributed by atoms with E-state index in [1.807, 2.05) is 6.07 Å². The van der Waals surface area contributed by atoms with Crippen LogP contribution >= 0.6 is 23.2 Å². The van der Waals surface area contributed by atoms with Crippen LogP contribution in [-0.2, 0) is 25.7 Å². The average molecular weight is 686 g/mol. The van der Waals surface area contributed by atoms with Crippen molar-refractivity contribution in [2.75, 3.05) is 18.5 Å². The van der Waals surface area contributed by atoms with Gasteiger partial charge in [-0.25, -0.2) is 9.55 Å². The summed E-state index contributed by atoms with van der Waals surface area (Å²) in [5, 5.41) is 2.15. The highest BCUT2D eigenvalue weighted by atomic mass is 35.5. The number of halogens is 5. The van der Waals surface area contributed by atoms with Crippen LogP contribution in [0.25, 0.3) is 5.69 Å². The van der Waals surface area contributed by atoms with E-state index in [1.165, 1.54) is 28.6 Å². The summed E-state index contributed by atoms with van der Waals surface area (Å²) in [7, 11) is 1.49. The zero-order chi connectivity index (χ0) is 34.0. The molecule has 0 spiro atoms. The van der Waals surface area contributed by atoms with Crippen molar-refractivity contribution >= 4 is 41.0 Å². The van der Waals surface area contributed by atoms with Crippen LogP contribution in [-0.4, -0.2) is 50.9 Å². The molecule has 4 aromatic rings. The molecular formula is C33H29Cl2F3N6O3. The van der Waals surface area contributed by atoms with Gasteiger partial charge in [0.25, 0.3) is 17.4 Å². The SMILES string of the molecule is C=CCN(Cc1cccnc1)c1nc2c(c(=O)n1-c1ccc(C(=O)NC)cc1Cl)CC(C)N(C(=O)c1ccc(Cl)c(C(F)(F)F)c1)C2. The van der Waals surface area contributed by atoms with Gasteiger partial charge in [0.1, 0.15) is 0 Å². The first-order valence-electron chi connectivity index (χ1n) is 14.4. The van der Waals surface area contributed by atoms with Gasteiger partial charge in [-0.2, -0.15) is 13.2 Å². The number of pyridine rings is 1. The fourth-order valence-corrected chi connectivity index (χ4v) is 5.94. The molecule has 0 fully saturated rings. The van der Waals surface area contributed by atoms with E-state index < -0.39 is 34.3 Å². The predicted molar refractivity (Wildman–Crippen MR) is 173 cm³/mol. The fraction of sp³-hybridized carbons (Fsp3) is 0.242. The van der Waals surface area contributed by atoms with E-state index in [2.05, 4.69) is 16.9 Å². The lowest BCUT2D eigenvalue weighted by molar-refractivity contribution is -0.137. The third-order valence-electron chi connectivity index (χ3n) is 7.78. The summed E-state index contributed by atoms with van der Waals surface area (Å²) in [4.78, 5) is 52.5. The van der Waals surface area contributed by atoms with Crippen LogP contribution in [0.3, 0.4) is 0 Å². The summed E-state index contributed by atoms with van der Waals surface area (Å²) in [6.07, 6.45) is 0.265. The maximum atomic E-state index is 14.4. The van der Waals surface area contributed by atoms with Crippen molar-refractivity contribution in [1.82, 2.24) is 24.8 Å². The third kappa shape index (κ3) is 6.89. The minimum Gasteiger partial charge on any atom is -0.355 e. The number of nitrogens with one attached hydrogen (secondary N) is 1. The molecule has 1 atom stereocenters. The molecule has 1 unspecified atom stereocenters. The maximum absolute atomic E-state index is 14.4. The van der Waals surface area contributed by atoms with Gasteiger partial charge in [-0.05, 0) is 61.4 Å². The third-order valence-corrected chi connectivity index (χ3v) is 8.41. The summed E-state index contributed by atoms with van der Waals surface area (Å²) in [6, 6.07) is 10.6. The van der Waals surface area contributed by atoms with Crippen molar-refractivity contribution in [1.29, 1.82) is 0 Å². The van der Waals surface area contributed by atoms with Crippen molar-refractivity contribution in [2.45, 2.75) is 38.7 Å². The van der Waals surface area contributed by atoms with Crippen molar-refractivity contribution in [2.24, 2.45) is 0 Å². The van der Waals surface area contributed by atoms with Gasteiger partial charge in [-0.1, -0.05) is 35.3 Å². The fourth-order valence-electron chi connectivity index (χ4n) is 5.45. The number of nitrogens with zero attached hydrogens (tertiary/aromatic N) is 5. The zero-order valence-electron chi connectivity index (χ0n) is 25.3. The number of rotatable bonds is 8. The second-order valence-electron chi connectivity index (χ2n) is 10.9. The number of benzene rings is 2. The molecule has 47 heavy (non-hydrogen) atoms. The van der Waals surface area contributed by atoms with E-state index in [0.29, 0.717) is 11.1 Å². The number of carbonyl (C=O) groups excluding carboxylic acids is 2. The Balaban J connectivity index is 1.65. The van der Waals surface area contributed by atoms with Crippen molar-refractivity contribution in [3.8, 4) is 5.69 Å². The number of anilines is 1. The molecule has 5 rings (SSSR count). The number of amides is 2. The molecule has 0 bridgehead atoms. The van der Waals surface area contributed by atoms with Crippen LogP contribution in [0.15, 0.2) is 78.4 Å². The number of hydrogen-bond donors (Lipinski definition) is 1. The molecule has 1 N–H and O–H groups in total. The largest absolute Gasteiger partial charge is 0.417 e. The lowest BCUT2D eigenvalue weighted by Crippen LogP contribution is -2.46. The Hall–Kier alpha value is -4.68. The molecule has 3 heterocycles. The number of aromatic nitrogens is 3. The number of hydrogen-bond acceptors (Lipinski definition) is 6. The summed E-state index contributed by atoms with van der Waals surface area (Å²) in [6.45, 7) is 5.94.